The summed E-state index contributed by atoms with van der Waals surface area (Å²) in [6.45, 7) is 6.13. The van der Waals surface area contributed by atoms with Crippen molar-refractivity contribution in [1.82, 2.24) is 0 Å². The summed E-state index contributed by atoms with van der Waals surface area (Å²) in [6, 6.07) is 3.57. The maximum absolute atomic E-state index is 6.22. The largest absolute Gasteiger partial charge is 0.490 e. The predicted molar refractivity (Wildman–Crippen MR) is 68.4 cm³/mol. The van der Waals surface area contributed by atoms with Crippen molar-refractivity contribution < 1.29 is 18.9 Å². The zero-order valence-corrected chi connectivity index (χ0v) is 11.3. The molecule has 0 unspecified atom stereocenters. The van der Waals surface area contributed by atoms with Crippen LogP contribution in [0, 0.1) is 0 Å². The SMILES string of the molecule is CCOc1cc(Cl)c(C2OCCO2)cc1OCC. The van der Waals surface area contributed by atoms with Crippen molar-refractivity contribution in [3.63, 3.8) is 0 Å². The van der Waals surface area contributed by atoms with Crippen LogP contribution in [0.3, 0.4) is 0 Å². The van der Waals surface area contributed by atoms with Gasteiger partial charge in [-0.05, 0) is 19.9 Å². The van der Waals surface area contributed by atoms with Crippen LogP contribution in [0.5, 0.6) is 11.5 Å². The summed E-state index contributed by atoms with van der Waals surface area (Å²) in [7, 11) is 0. The average molecular weight is 273 g/mol. The van der Waals surface area contributed by atoms with Crippen molar-refractivity contribution >= 4 is 11.6 Å². The molecular weight excluding hydrogens is 256 g/mol. The van der Waals surface area contributed by atoms with Gasteiger partial charge in [0.1, 0.15) is 0 Å². The Morgan fingerprint density at radius 1 is 1.11 bits per heavy atom. The predicted octanol–water partition coefficient (Wildman–Crippen LogP) is 3.18. The summed E-state index contributed by atoms with van der Waals surface area (Å²) in [5.41, 5.74) is 0.779. The van der Waals surface area contributed by atoms with E-state index < -0.39 is 6.29 Å². The van der Waals surface area contributed by atoms with Gasteiger partial charge in [-0.1, -0.05) is 11.6 Å². The van der Waals surface area contributed by atoms with E-state index in [1.54, 1.807) is 6.07 Å². The lowest BCUT2D eigenvalue weighted by molar-refractivity contribution is -0.0441. The van der Waals surface area contributed by atoms with E-state index in [0.29, 0.717) is 42.9 Å². The van der Waals surface area contributed by atoms with Crippen molar-refractivity contribution in [3.05, 3.63) is 22.7 Å². The number of ether oxygens (including phenoxy) is 4. The van der Waals surface area contributed by atoms with Crippen LogP contribution in [0.2, 0.25) is 5.02 Å². The molecule has 1 saturated heterocycles. The molecule has 1 heterocycles. The summed E-state index contributed by atoms with van der Waals surface area (Å²) in [4.78, 5) is 0. The highest BCUT2D eigenvalue weighted by Gasteiger charge is 2.23. The van der Waals surface area contributed by atoms with Gasteiger partial charge in [-0.25, -0.2) is 0 Å². The molecule has 0 atom stereocenters. The van der Waals surface area contributed by atoms with Crippen molar-refractivity contribution in [2.45, 2.75) is 20.1 Å². The minimum atomic E-state index is -0.410. The van der Waals surface area contributed by atoms with Gasteiger partial charge in [0.2, 0.25) is 0 Å². The Morgan fingerprint density at radius 3 is 2.22 bits per heavy atom. The first-order valence-corrected chi connectivity index (χ1v) is 6.46. The molecule has 1 aromatic carbocycles. The average Bonchev–Trinajstić information content (AvgIpc) is 2.86. The van der Waals surface area contributed by atoms with Crippen LogP contribution in [0.15, 0.2) is 12.1 Å². The molecule has 1 aromatic rings. The third kappa shape index (κ3) is 2.88. The number of hydrogen-bond acceptors (Lipinski definition) is 4. The van der Waals surface area contributed by atoms with Gasteiger partial charge in [0.25, 0.3) is 0 Å². The molecule has 5 heteroatoms. The zero-order chi connectivity index (χ0) is 13.0. The second kappa shape index (κ2) is 6.27. The quantitative estimate of drug-likeness (QED) is 0.825. The van der Waals surface area contributed by atoms with Gasteiger partial charge in [0.15, 0.2) is 17.8 Å². The van der Waals surface area contributed by atoms with Gasteiger partial charge in [-0.2, -0.15) is 0 Å². The van der Waals surface area contributed by atoms with E-state index in [1.165, 1.54) is 0 Å². The van der Waals surface area contributed by atoms with E-state index in [0.717, 1.165) is 5.56 Å². The van der Waals surface area contributed by atoms with Gasteiger partial charge in [-0.15, -0.1) is 0 Å². The first-order chi connectivity index (χ1) is 8.76. The number of rotatable bonds is 5. The molecule has 0 saturated carbocycles. The minimum Gasteiger partial charge on any atom is -0.490 e. The topological polar surface area (TPSA) is 36.9 Å². The summed E-state index contributed by atoms with van der Waals surface area (Å²) >= 11 is 6.22. The van der Waals surface area contributed by atoms with Gasteiger partial charge in [-0.3, -0.25) is 0 Å². The van der Waals surface area contributed by atoms with Crippen molar-refractivity contribution in [2.24, 2.45) is 0 Å². The number of hydrogen-bond donors (Lipinski definition) is 0. The Hall–Kier alpha value is -0.970. The van der Waals surface area contributed by atoms with Crippen LogP contribution < -0.4 is 9.47 Å². The van der Waals surface area contributed by atoms with E-state index >= 15 is 0 Å². The fraction of sp³-hybridized carbons (Fsp3) is 0.538. The smallest absolute Gasteiger partial charge is 0.185 e. The van der Waals surface area contributed by atoms with Gasteiger partial charge >= 0.3 is 0 Å². The first kappa shape index (κ1) is 13.5. The van der Waals surface area contributed by atoms with Crippen molar-refractivity contribution in [2.75, 3.05) is 26.4 Å². The van der Waals surface area contributed by atoms with E-state index in [-0.39, 0.29) is 0 Å². The van der Waals surface area contributed by atoms with Crippen LogP contribution in [-0.2, 0) is 9.47 Å². The standard InChI is InChI=1S/C13H17ClO4/c1-3-15-11-7-9(13-17-5-6-18-13)10(14)8-12(11)16-4-2/h7-8,13H,3-6H2,1-2H3. The van der Waals surface area contributed by atoms with E-state index in [1.807, 2.05) is 19.9 Å². The van der Waals surface area contributed by atoms with Gasteiger partial charge in [0, 0.05) is 11.6 Å². The van der Waals surface area contributed by atoms with Crippen LogP contribution in [0.4, 0.5) is 0 Å². The van der Waals surface area contributed by atoms with E-state index in [2.05, 4.69) is 0 Å². The van der Waals surface area contributed by atoms with E-state index in [9.17, 15) is 0 Å². The molecule has 0 amide bonds. The lowest BCUT2D eigenvalue weighted by Crippen LogP contribution is -2.03. The maximum Gasteiger partial charge on any atom is 0.185 e. The molecule has 0 spiro atoms. The molecule has 0 aromatic heterocycles. The first-order valence-electron chi connectivity index (χ1n) is 6.08. The molecular formula is C13H17ClO4. The second-order valence-corrected chi connectivity index (χ2v) is 4.17. The molecule has 4 nitrogen and oxygen atoms in total. The zero-order valence-electron chi connectivity index (χ0n) is 10.6. The van der Waals surface area contributed by atoms with E-state index in [4.69, 9.17) is 30.5 Å². The molecule has 1 fully saturated rings. The molecule has 1 aliphatic heterocycles. The Morgan fingerprint density at radius 2 is 1.67 bits per heavy atom. The highest BCUT2D eigenvalue weighted by Crippen LogP contribution is 2.38. The monoisotopic (exact) mass is 272 g/mol. The van der Waals surface area contributed by atoms with Crippen LogP contribution >= 0.6 is 11.6 Å². The molecule has 0 radical (unpaired) electrons. The molecule has 0 N–H and O–H groups in total. The van der Waals surface area contributed by atoms with Gasteiger partial charge in [0.05, 0.1) is 31.5 Å². The summed E-state index contributed by atoms with van der Waals surface area (Å²) in [6.07, 6.45) is -0.410. The highest BCUT2D eigenvalue weighted by molar-refractivity contribution is 6.31. The normalized spacial score (nSPS) is 15.9. The summed E-state index contributed by atoms with van der Waals surface area (Å²) in [5.74, 6) is 1.31. The molecule has 18 heavy (non-hydrogen) atoms. The Balaban J connectivity index is 2.32. The lowest BCUT2D eigenvalue weighted by Gasteiger charge is -2.16. The molecule has 100 valence electrons. The third-order valence-corrected chi connectivity index (χ3v) is 2.87. The molecule has 1 aliphatic rings. The highest BCUT2D eigenvalue weighted by atomic mass is 35.5. The van der Waals surface area contributed by atoms with Crippen LogP contribution in [0.25, 0.3) is 0 Å². The molecule has 0 bridgehead atoms. The fourth-order valence-corrected chi connectivity index (χ4v) is 2.05. The molecule has 0 aliphatic carbocycles. The number of benzene rings is 1. The van der Waals surface area contributed by atoms with Crippen molar-refractivity contribution in [3.8, 4) is 11.5 Å². The molecule has 2 rings (SSSR count). The Labute approximate surface area is 112 Å². The Bertz CT molecular complexity index is 402. The number of halogens is 1. The van der Waals surface area contributed by atoms with Crippen molar-refractivity contribution in [1.29, 1.82) is 0 Å². The third-order valence-electron chi connectivity index (χ3n) is 2.54. The van der Waals surface area contributed by atoms with Gasteiger partial charge < -0.3 is 18.9 Å². The summed E-state index contributed by atoms with van der Waals surface area (Å²) in [5, 5.41) is 0.564. The minimum absolute atomic E-state index is 0.410. The lowest BCUT2D eigenvalue weighted by atomic mass is 10.2. The van der Waals surface area contributed by atoms with Crippen LogP contribution in [-0.4, -0.2) is 26.4 Å². The maximum atomic E-state index is 6.22. The summed E-state index contributed by atoms with van der Waals surface area (Å²) < 4.78 is 21.9. The fourth-order valence-electron chi connectivity index (χ4n) is 1.81. The Kier molecular flexibility index (Phi) is 4.69. The van der Waals surface area contributed by atoms with Crippen LogP contribution in [0.1, 0.15) is 25.7 Å². The second-order valence-electron chi connectivity index (χ2n) is 3.76.